The van der Waals surface area contributed by atoms with Gasteiger partial charge in [-0.2, -0.15) is 0 Å². The lowest BCUT2D eigenvalue weighted by Gasteiger charge is -2.37. The molecule has 0 saturated carbocycles. The Morgan fingerprint density at radius 2 is 1.90 bits per heavy atom. The van der Waals surface area contributed by atoms with Crippen molar-refractivity contribution < 1.29 is 23.7 Å². The predicted octanol–water partition coefficient (Wildman–Crippen LogP) is 3.87. The molecule has 2 amide bonds. The minimum absolute atomic E-state index is 0.190. The summed E-state index contributed by atoms with van der Waals surface area (Å²) in [6.07, 6.45) is 2.03. The number of carbonyl (C=O) groups excluding carboxylic acids is 1. The lowest BCUT2D eigenvalue weighted by atomic mass is 9.99. The highest BCUT2D eigenvalue weighted by molar-refractivity contribution is 5.90. The lowest BCUT2D eigenvalue weighted by molar-refractivity contribution is 0.174. The number of methoxy groups -OCH3 is 2. The van der Waals surface area contributed by atoms with E-state index >= 15 is 0 Å². The Hall–Kier alpha value is -3.81. The van der Waals surface area contributed by atoms with Gasteiger partial charge in [-0.1, -0.05) is 0 Å². The molecule has 5 rings (SSSR count). The summed E-state index contributed by atoms with van der Waals surface area (Å²) in [6.45, 7) is 1.46. The number of carbonyl (C=O) groups is 1. The average molecular weight is 421 g/mol. The number of aromatic nitrogens is 1. The third-order valence-corrected chi connectivity index (χ3v) is 5.66. The molecule has 0 unspecified atom stereocenters. The smallest absolute Gasteiger partial charge is 0.322 e. The fraction of sp³-hybridized carbons (Fsp3) is 0.261. The zero-order chi connectivity index (χ0) is 21.4. The molecule has 0 fully saturated rings. The Bertz CT molecular complexity index is 1130. The molecule has 1 N–H and O–H groups in total. The highest BCUT2D eigenvalue weighted by Crippen LogP contribution is 2.40. The quantitative estimate of drug-likeness (QED) is 0.692. The van der Waals surface area contributed by atoms with Gasteiger partial charge in [-0.15, -0.1) is 0 Å². The molecule has 8 nitrogen and oxygen atoms in total. The molecule has 1 atom stereocenters. The van der Waals surface area contributed by atoms with Gasteiger partial charge in [0.1, 0.15) is 17.5 Å². The molecular formula is C23H23N3O5. The fourth-order valence-electron chi connectivity index (χ4n) is 4.14. The van der Waals surface area contributed by atoms with Crippen LogP contribution in [0.25, 0.3) is 0 Å². The number of urea groups is 1. The van der Waals surface area contributed by atoms with Gasteiger partial charge in [-0.05, 0) is 36.4 Å². The summed E-state index contributed by atoms with van der Waals surface area (Å²) in [5.74, 6) is 2.66. The number of hydrogen-bond acceptors (Lipinski definition) is 5. The topological polar surface area (TPSA) is 74.2 Å². The number of fused-ring (bicyclic) bond motifs is 2. The number of nitrogens with zero attached hydrogens (tertiary/aromatic N) is 2. The number of hydrogen-bond donors (Lipinski definition) is 1. The van der Waals surface area contributed by atoms with Crippen molar-refractivity contribution in [2.45, 2.75) is 12.6 Å². The van der Waals surface area contributed by atoms with E-state index in [1.54, 1.807) is 32.4 Å². The first-order chi connectivity index (χ1) is 15.2. The van der Waals surface area contributed by atoms with E-state index in [9.17, 15) is 4.79 Å². The molecule has 2 aromatic carbocycles. The lowest BCUT2D eigenvalue weighted by Crippen LogP contribution is -2.44. The number of nitrogens with one attached hydrogen (secondary N) is 1. The molecule has 0 bridgehead atoms. The Kier molecular flexibility index (Phi) is 4.82. The molecule has 0 aliphatic carbocycles. The van der Waals surface area contributed by atoms with E-state index in [0.29, 0.717) is 41.8 Å². The summed E-state index contributed by atoms with van der Waals surface area (Å²) in [6, 6.07) is 14.6. The van der Waals surface area contributed by atoms with Crippen molar-refractivity contribution in [1.29, 1.82) is 0 Å². The third kappa shape index (κ3) is 3.39. The van der Waals surface area contributed by atoms with Crippen molar-refractivity contribution in [3.05, 3.63) is 66.0 Å². The Morgan fingerprint density at radius 3 is 2.74 bits per heavy atom. The van der Waals surface area contributed by atoms with Crippen molar-refractivity contribution in [3.8, 4) is 23.0 Å². The second-order valence-electron chi connectivity index (χ2n) is 7.33. The summed E-state index contributed by atoms with van der Waals surface area (Å²) in [4.78, 5) is 15.2. The van der Waals surface area contributed by atoms with Crippen LogP contribution in [0.15, 0.2) is 54.7 Å². The van der Waals surface area contributed by atoms with Crippen LogP contribution in [0.1, 0.15) is 17.3 Å². The van der Waals surface area contributed by atoms with Crippen LogP contribution in [0.5, 0.6) is 23.0 Å². The first-order valence-electron chi connectivity index (χ1n) is 10.0. The van der Waals surface area contributed by atoms with E-state index in [0.717, 1.165) is 11.3 Å². The second kappa shape index (κ2) is 7.79. The minimum atomic E-state index is -0.307. The van der Waals surface area contributed by atoms with E-state index in [-0.39, 0.29) is 18.9 Å². The van der Waals surface area contributed by atoms with Gasteiger partial charge >= 0.3 is 6.03 Å². The second-order valence-corrected chi connectivity index (χ2v) is 7.33. The SMILES string of the molecule is COc1ccc([C@@H]2c3cccn3CCN2C(=O)Nc2ccc3c(c2)OCO3)c(OC)c1. The number of rotatable bonds is 4. The summed E-state index contributed by atoms with van der Waals surface area (Å²) in [5, 5.41) is 3.00. The van der Waals surface area contributed by atoms with E-state index in [2.05, 4.69) is 9.88 Å². The zero-order valence-electron chi connectivity index (χ0n) is 17.3. The fourth-order valence-corrected chi connectivity index (χ4v) is 4.14. The summed E-state index contributed by atoms with van der Waals surface area (Å²) in [7, 11) is 3.24. The van der Waals surface area contributed by atoms with Crippen molar-refractivity contribution >= 4 is 11.7 Å². The number of amides is 2. The van der Waals surface area contributed by atoms with Gasteiger partial charge in [0.15, 0.2) is 11.5 Å². The molecule has 3 heterocycles. The maximum Gasteiger partial charge on any atom is 0.322 e. The van der Waals surface area contributed by atoms with Crippen LogP contribution in [0, 0.1) is 0 Å². The molecule has 8 heteroatoms. The number of ether oxygens (including phenoxy) is 4. The van der Waals surface area contributed by atoms with Gasteiger partial charge in [0.2, 0.25) is 6.79 Å². The number of anilines is 1. The Balaban J connectivity index is 1.49. The van der Waals surface area contributed by atoms with Crippen LogP contribution in [0.3, 0.4) is 0 Å². The highest BCUT2D eigenvalue weighted by Gasteiger charge is 2.34. The summed E-state index contributed by atoms with van der Waals surface area (Å²) < 4.78 is 23.9. The largest absolute Gasteiger partial charge is 0.497 e. The zero-order valence-corrected chi connectivity index (χ0v) is 17.3. The monoisotopic (exact) mass is 421 g/mol. The van der Waals surface area contributed by atoms with Crippen molar-refractivity contribution in [2.75, 3.05) is 32.9 Å². The molecule has 0 spiro atoms. The van der Waals surface area contributed by atoms with Crippen LogP contribution in [0.4, 0.5) is 10.5 Å². The molecule has 2 aliphatic rings. The molecule has 160 valence electrons. The summed E-state index contributed by atoms with van der Waals surface area (Å²) in [5.41, 5.74) is 2.56. The van der Waals surface area contributed by atoms with Crippen LogP contribution in [-0.4, -0.2) is 43.1 Å². The maximum absolute atomic E-state index is 13.4. The maximum atomic E-state index is 13.4. The predicted molar refractivity (Wildman–Crippen MR) is 114 cm³/mol. The molecule has 2 aliphatic heterocycles. The first kappa shape index (κ1) is 19.2. The van der Waals surface area contributed by atoms with Crippen LogP contribution >= 0.6 is 0 Å². The normalized spacial score (nSPS) is 16.6. The third-order valence-electron chi connectivity index (χ3n) is 5.66. The average Bonchev–Trinajstić information content (AvgIpc) is 3.46. The van der Waals surface area contributed by atoms with Gasteiger partial charge in [0, 0.05) is 48.4 Å². The van der Waals surface area contributed by atoms with E-state index in [1.807, 2.05) is 41.4 Å². The molecule has 31 heavy (non-hydrogen) atoms. The Labute approximate surface area is 179 Å². The number of benzene rings is 2. The van der Waals surface area contributed by atoms with E-state index in [1.165, 1.54) is 0 Å². The van der Waals surface area contributed by atoms with Crippen molar-refractivity contribution in [3.63, 3.8) is 0 Å². The molecule has 0 saturated heterocycles. The van der Waals surface area contributed by atoms with Gasteiger partial charge in [0.25, 0.3) is 0 Å². The minimum Gasteiger partial charge on any atom is -0.497 e. The van der Waals surface area contributed by atoms with Gasteiger partial charge in [-0.25, -0.2) is 4.79 Å². The standard InChI is InChI=1S/C23H23N3O5/c1-28-16-6-7-17(20(13-16)29-2)22-18-4-3-9-25(18)10-11-26(22)23(27)24-15-5-8-19-21(12-15)31-14-30-19/h3-9,12-13,22H,10-11,14H2,1-2H3,(H,24,27)/t22-/m1/s1. The first-order valence-corrected chi connectivity index (χ1v) is 10.0. The van der Waals surface area contributed by atoms with Gasteiger partial charge in [-0.3, -0.25) is 0 Å². The van der Waals surface area contributed by atoms with Crippen molar-refractivity contribution in [2.24, 2.45) is 0 Å². The van der Waals surface area contributed by atoms with Gasteiger partial charge < -0.3 is 33.7 Å². The molecule has 0 radical (unpaired) electrons. The molecular weight excluding hydrogens is 398 g/mol. The highest BCUT2D eigenvalue weighted by atomic mass is 16.7. The summed E-state index contributed by atoms with van der Waals surface area (Å²) >= 11 is 0. The van der Waals surface area contributed by atoms with Crippen LogP contribution < -0.4 is 24.3 Å². The molecule has 3 aromatic rings. The van der Waals surface area contributed by atoms with Crippen LogP contribution in [0.2, 0.25) is 0 Å². The van der Waals surface area contributed by atoms with Crippen molar-refractivity contribution in [1.82, 2.24) is 9.47 Å². The van der Waals surface area contributed by atoms with Crippen LogP contribution in [-0.2, 0) is 6.54 Å². The van der Waals surface area contributed by atoms with Gasteiger partial charge in [0.05, 0.1) is 14.2 Å². The Morgan fingerprint density at radius 1 is 1.03 bits per heavy atom. The van der Waals surface area contributed by atoms with E-state index in [4.69, 9.17) is 18.9 Å². The molecule has 1 aromatic heterocycles. The van der Waals surface area contributed by atoms with E-state index < -0.39 is 0 Å².